The van der Waals surface area contributed by atoms with Gasteiger partial charge in [-0.2, -0.15) is 0 Å². The lowest BCUT2D eigenvalue weighted by Crippen LogP contribution is -2.08. The van der Waals surface area contributed by atoms with Gasteiger partial charge < -0.3 is 14.6 Å². The number of ketones is 1. The molecule has 0 amide bonds. The molecule has 0 radical (unpaired) electrons. The van der Waals surface area contributed by atoms with Crippen LogP contribution < -0.4 is 4.74 Å². The van der Waals surface area contributed by atoms with Crippen LogP contribution in [-0.2, 0) is 4.74 Å². The van der Waals surface area contributed by atoms with Crippen molar-refractivity contribution in [1.82, 2.24) is 0 Å². The highest BCUT2D eigenvalue weighted by atomic mass is 16.5. The normalized spacial score (nSPS) is 10.2. The second kappa shape index (κ2) is 7.81. The molecule has 0 unspecified atom stereocenters. The van der Waals surface area contributed by atoms with E-state index in [0.717, 1.165) is 0 Å². The van der Waals surface area contributed by atoms with Gasteiger partial charge in [0.25, 0.3) is 0 Å². The average Bonchev–Trinajstić information content (AvgIpc) is 2.37. The van der Waals surface area contributed by atoms with E-state index in [1.807, 2.05) is 6.07 Å². The van der Waals surface area contributed by atoms with Gasteiger partial charge in [-0.25, -0.2) is 0 Å². The Hall–Kier alpha value is -1.39. The van der Waals surface area contributed by atoms with E-state index in [0.29, 0.717) is 37.4 Å². The predicted octanol–water partition coefficient (Wildman–Crippen LogP) is 1.67. The number of ether oxygens (including phenoxy) is 2. The quantitative estimate of drug-likeness (QED) is 0.553. The third-order valence-corrected chi connectivity index (χ3v) is 2.29. The maximum absolute atomic E-state index is 11.8. The average molecular weight is 238 g/mol. The zero-order valence-corrected chi connectivity index (χ0v) is 10.0. The van der Waals surface area contributed by atoms with Crippen molar-refractivity contribution in [3.05, 3.63) is 29.8 Å². The molecule has 0 fully saturated rings. The minimum Gasteiger partial charge on any atom is -0.490 e. The molecule has 0 aromatic heterocycles. The summed E-state index contributed by atoms with van der Waals surface area (Å²) in [6.07, 6.45) is 0.812. The third-order valence-electron chi connectivity index (χ3n) is 2.29. The van der Waals surface area contributed by atoms with E-state index >= 15 is 0 Å². The van der Waals surface area contributed by atoms with Crippen molar-refractivity contribution in [2.45, 2.75) is 12.8 Å². The van der Waals surface area contributed by atoms with Gasteiger partial charge in [-0.05, 0) is 18.6 Å². The van der Waals surface area contributed by atoms with Crippen molar-refractivity contribution in [3.8, 4) is 5.75 Å². The van der Waals surface area contributed by atoms with Crippen LogP contribution in [0.1, 0.15) is 23.2 Å². The fourth-order valence-electron chi connectivity index (χ4n) is 1.43. The van der Waals surface area contributed by atoms with E-state index in [1.165, 1.54) is 0 Å². The number of hydrogen-bond acceptors (Lipinski definition) is 4. The van der Waals surface area contributed by atoms with Crippen molar-refractivity contribution < 1.29 is 19.4 Å². The molecule has 0 saturated heterocycles. The molecule has 0 heterocycles. The number of carbonyl (C=O) groups excluding carboxylic acids is 1. The Bertz CT molecular complexity index is 349. The maximum atomic E-state index is 11.8. The number of aliphatic hydroxyl groups excluding tert-OH is 1. The molecule has 0 spiro atoms. The van der Waals surface area contributed by atoms with Crippen LogP contribution in [0, 0.1) is 0 Å². The maximum Gasteiger partial charge on any atom is 0.166 e. The zero-order chi connectivity index (χ0) is 12.5. The van der Waals surface area contributed by atoms with Gasteiger partial charge in [0.1, 0.15) is 12.4 Å². The Kier molecular flexibility index (Phi) is 6.29. The summed E-state index contributed by atoms with van der Waals surface area (Å²) in [4.78, 5) is 11.8. The van der Waals surface area contributed by atoms with Crippen LogP contribution in [0.25, 0.3) is 0 Å². The number of hydrogen-bond donors (Lipinski definition) is 1. The zero-order valence-electron chi connectivity index (χ0n) is 10.0. The molecule has 0 atom stereocenters. The van der Waals surface area contributed by atoms with Gasteiger partial charge in [0.2, 0.25) is 0 Å². The Morgan fingerprint density at radius 1 is 1.29 bits per heavy atom. The summed E-state index contributed by atoms with van der Waals surface area (Å²) >= 11 is 0. The molecular weight excluding hydrogens is 220 g/mol. The van der Waals surface area contributed by atoms with E-state index in [2.05, 4.69) is 0 Å². The lowest BCUT2D eigenvalue weighted by atomic mass is 10.1. The molecule has 4 nitrogen and oxygen atoms in total. The molecule has 1 aromatic carbocycles. The number of aliphatic hydroxyl groups is 1. The first-order chi connectivity index (χ1) is 8.29. The summed E-state index contributed by atoms with van der Waals surface area (Å²) < 4.78 is 10.4. The van der Waals surface area contributed by atoms with Gasteiger partial charge >= 0.3 is 0 Å². The van der Waals surface area contributed by atoms with Crippen molar-refractivity contribution in [2.75, 3.05) is 26.9 Å². The van der Waals surface area contributed by atoms with Crippen LogP contribution >= 0.6 is 0 Å². The molecular formula is C13H18O4. The van der Waals surface area contributed by atoms with Crippen LogP contribution in [0.2, 0.25) is 0 Å². The largest absolute Gasteiger partial charge is 0.490 e. The minimum absolute atomic E-state index is 0.00735. The van der Waals surface area contributed by atoms with E-state index in [1.54, 1.807) is 25.3 Å². The van der Waals surface area contributed by atoms with E-state index < -0.39 is 0 Å². The Morgan fingerprint density at radius 2 is 2.06 bits per heavy atom. The van der Waals surface area contributed by atoms with Gasteiger partial charge in [-0.3, -0.25) is 4.79 Å². The predicted molar refractivity (Wildman–Crippen MR) is 64.5 cm³/mol. The first-order valence-corrected chi connectivity index (χ1v) is 5.64. The smallest absolute Gasteiger partial charge is 0.166 e. The van der Waals surface area contributed by atoms with Gasteiger partial charge in [-0.15, -0.1) is 0 Å². The van der Waals surface area contributed by atoms with Crippen LogP contribution in [0.3, 0.4) is 0 Å². The number of methoxy groups -OCH3 is 1. The number of para-hydroxylation sites is 1. The van der Waals surface area contributed by atoms with E-state index in [-0.39, 0.29) is 12.4 Å². The molecule has 94 valence electrons. The van der Waals surface area contributed by atoms with Gasteiger partial charge in [0.15, 0.2) is 5.78 Å². The molecule has 1 aromatic rings. The minimum atomic E-state index is -0.00735. The van der Waals surface area contributed by atoms with Crippen molar-refractivity contribution in [2.24, 2.45) is 0 Å². The summed E-state index contributed by atoms with van der Waals surface area (Å²) in [5, 5.41) is 8.70. The van der Waals surface area contributed by atoms with Crippen LogP contribution in [0.5, 0.6) is 5.75 Å². The second-order valence-electron chi connectivity index (χ2n) is 3.59. The summed E-state index contributed by atoms with van der Waals surface area (Å²) in [6.45, 7) is 0.929. The first kappa shape index (κ1) is 13.7. The number of benzene rings is 1. The molecule has 1 N–H and O–H groups in total. The first-order valence-electron chi connectivity index (χ1n) is 5.64. The fourth-order valence-corrected chi connectivity index (χ4v) is 1.43. The monoisotopic (exact) mass is 238 g/mol. The third kappa shape index (κ3) is 4.54. The Balaban J connectivity index is 2.66. The summed E-state index contributed by atoms with van der Waals surface area (Å²) in [5.74, 6) is 0.569. The number of carbonyl (C=O) groups is 1. The molecule has 1 rings (SSSR count). The highest BCUT2D eigenvalue weighted by Crippen LogP contribution is 2.20. The molecule has 4 heteroatoms. The van der Waals surface area contributed by atoms with Gasteiger partial charge in [0, 0.05) is 20.1 Å². The highest BCUT2D eigenvalue weighted by molar-refractivity contribution is 5.98. The molecule has 0 saturated carbocycles. The summed E-state index contributed by atoms with van der Waals surface area (Å²) in [6, 6.07) is 7.13. The standard InChI is InChI=1S/C13H18O4/c1-16-9-10-17-13-7-3-2-5-11(13)12(15)6-4-8-14/h2-3,5,7,14H,4,6,8-10H2,1H3. The van der Waals surface area contributed by atoms with Gasteiger partial charge in [-0.1, -0.05) is 12.1 Å². The van der Waals surface area contributed by atoms with Gasteiger partial charge in [0.05, 0.1) is 12.2 Å². The van der Waals surface area contributed by atoms with Crippen molar-refractivity contribution in [1.29, 1.82) is 0 Å². The molecule has 17 heavy (non-hydrogen) atoms. The number of Topliss-reactive ketones (excluding diaryl/α,β-unsaturated/α-hetero) is 1. The van der Waals surface area contributed by atoms with Crippen LogP contribution in [-0.4, -0.2) is 37.8 Å². The fraction of sp³-hybridized carbons (Fsp3) is 0.462. The lowest BCUT2D eigenvalue weighted by Gasteiger charge is -2.10. The second-order valence-corrected chi connectivity index (χ2v) is 3.59. The van der Waals surface area contributed by atoms with E-state index in [9.17, 15) is 4.79 Å². The van der Waals surface area contributed by atoms with Crippen LogP contribution in [0.4, 0.5) is 0 Å². The topological polar surface area (TPSA) is 55.8 Å². The highest BCUT2D eigenvalue weighted by Gasteiger charge is 2.11. The van der Waals surface area contributed by atoms with Crippen LogP contribution in [0.15, 0.2) is 24.3 Å². The summed E-state index contributed by atoms with van der Waals surface area (Å²) in [5.41, 5.74) is 0.567. The Morgan fingerprint density at radius 3 is 2.76 bits per heavy atom. The Labute approximate surface area is 101 Å². The number of rotatable bonds is 8. The molecule has 0 bridgehead atoms. The lowest BCUT2D eigenvalue weighted by molar-refractivity contribution is 0.0963. The van der Waals surface area contributed by atoms with Crippen molar-refractivity contribution >= 4 is 5.78 Å². The molecule has 0 aliphatic rings. The molecule has 0 aliphatic carbocycles. The van der Waals surface area contributed by atoms with E-state index in [4.69, 9.17) is 14.6 Å². The SMILES string of the molecule is COCCOc1ccccc1C(=O)CCCO. The summed E-state index contributed by atoms with van der Waals surface area (Å²) in [7, 11) is 1.60. The van der Waals surface area contributed by atoms with Crippen molar-refractivity contribution in [3.63, 3.8) is 0 Å². The molecule has 0 aliphatic heterocycles.